The summed E-state index contributed by atoms with van der Waals surface area (Å²) in [6.07, 6.45) is 0. The fourth-order valence-electron chi connectivity index (χ4n) is 1.78. The highest BCUT2D eigenvalue weighted by atomic mass is 79.9. The Bertz CT molecular complexity index is 691. The predicted octanol–water partition coefficient (Wildman–Crippen LogP) is 4.13. The third kappa shape index (κ3) is 1.74. The minimum absolute atomic E-state index is 0.275. The Morgan fingerprint density at radius 1 is 1.06 bits per heavy atom. The number of imidazole rings is 1. The lowest BCUT2D eigenvalue weighted by molar-refractivity contribution is 0.630. The van der Waals surface area contributed by atoms with E-state index in [1.54, 1.807) is 18.2 Å². The molecule has 0 aliphatic carbocycles. The van der Waals surface area contributed by atoms with Gasteiger partial charge in [-0.25, -0.2) is 9.37 Å². The fourth-order valence-corrected chi connectivity index (χ4v) is 2.23. The summed E-state index contributed by atoms with van der Waals surface area (Å²) < 4.78 is 14.5. The molecular weight excluding hydrogens is 283 g/mol. The van der Waals surface area contributed by atoms with E-state index in [1.807, 2.05) is 18.2 Å². The summed E-state index contributed by atoms with van der Waals surface area (Å²) >= 11 is 3.43. The smallest absolute Gasteiger partial charge is 0.141 e. The highest BCUT2D eigenvalue weighted by Crippen LogP contribution is 2.26. The van der Waals surface area contributed by atoms with Gasteiger partial charge in [0, 0.05) is 4.47 Å². The summed E-state index contributed by atoms with van der Waals surface area (Å²) in [6.45, 7) is 0. The zero-order valence-electron chi connectivity index (χ0n) is 8.74. The maximum atomic E-state index is 13.6. The number of fused-ring (bicyclic) bond motifs is 1. The lowest BCUT2D eigenvalue weighted by Gasteiger charge is -1.96. The number of halogens is 2. The molecule has 84 valence electrons. The summed E-state index contributed by atoms with van der Waals surface area (Å²) in [6, 6.07) is 12.3. The van der Waals surface area contributed by atoms with Crippen molar-refractivity contribution in [2.45, 2.75) is 0 Å². The van der Waals surface area contributed by atoms with Crippen molar-refractivity contribution >= 4 is 27.0 Å². The molecule has 17 heavy (non-hydrogen) atoms. The molecule has 0 atom stereocenters. The van der Waals surface area contributed by atoms with Crippen molar-refractivity contribution in [1.29, 1.82) is 0 Å². The molecular formula is C13H8BrFN2. The Hall–Kier alpha value is -1.68. The van der Waals surface area contributed by atoms with Gasteiger partial charge in [-0.05, 0) is 40.2 Å². The molecule has 1 N–H and O–H groups in total. The van der Waals surface area contributed by atoms with Crippen LogP contribution in [0.1, 0.15) is 0 Å². The van der Waals surface area contributed by atoms with Gasteiger partial charge in [-0.2, -0.15) is 0 Å². The first-order chi connectivity index (χ1) is 8.25. The Balaban J connectivity index is 2.26. The van der Waals surface area contributed by atoms with Crippen molar-refractivity contribution in [1.82, 2.24) is 9.97 Å². The van der Waals surface area contributed by atoms with Crippen molar-refractivity contribution in [3.8, 4) is 11.4 Å². The van der Waals surface area contributed by atoms with Crippen LogP contribution in [0.2, 0.25) is 0 Å². The molecule has 4 heteroatoms. The van der Waals surface area contributed by atoms with Crippen LogP contribution in [0.15, 0.2) is 46.9 Å². The molecule has 0 spiro atoms. The molecule has 3 rings (SSSR count). The minimum Gasteiger partial charge on any atom is -0.338 e. The molecule has 0 radical (unpaired) electrons. The van der Waals surface area contributed by atoms with Gasteiger partial charge in [0.2, 0.25) is 0 Å². The SMILES string of the molecule is Fc1ccccc1-c1nc2c(Br)cccc2[nH]1. The largest absolute Gasteiger partial charge is 0.338 e. The van der Waals surface area contributed by atoms with Crippen LogP contribution < -0.4 is 0 Å². The normalized spacial score (nSPS) is 10.9. The van der Waals surface area contributed by atoms with Gasteiger partial charge < -0.3 is 4.98 Å². The molecule has 2 nitrogen and oxygen atoms in total. The Morgan fingerprint density at radius 2 is 1.88 bits per heavy atom. The van der Waals surface area contributed by atoms with E-state index in [2.05, 4.69) is 25.9 Å². The molecule has 1 aromatic heterocycles. The van der Waals surface area contributed by atoms with Crippen molar-refractivity contribution in [2.24, 2.45) is 0 Å². The second-order valence-electron chi connectivity index (χ2n) is 3.70. The van der Waals surface area contributed by atoms with Crippen LogP contribution in [-0.2, 0) is 0 Å². The Labute approximate surface area is 106 Å². The summed E-state index contributed by atoms with van der Waals surface area (Å²) in [5.74, 6) is 0.271. The zero-order chi connectivity index (χ0) is 11.8. The highest BCUT2D eigenvalue weighted by Gasteiger charge is 2.10. The molecule has 2 aromatic carbocycles. The standard InChI is InChI=1S/C13H8BrFN2/c14-9-5-3-7-11-12(9)17-13(16-11)8-4-1-2-6-10(8)15/h1-7H,(H,16,17). The minimum atomic E-state index is -0.275. The number of hydrogen-bond acceptors (Lipinski definition) is 1. The maximum Gasteiger partial charge on any atom is 0.141 e. The van der Waals surface area contributed by atoms with E-state index in [4.69, 9.17) is 0 Å². The van der Waals surface area contributed by atoms with Crippen LogP contribution in [-0.4, -0.2) is 9.97 Å². The number of aromatic nitrogens is 2. The molecule has 0 amide bonds. The van der Waals surface area contributed by atoms with Crippen molar-refractivity contribution in [3.63, 3.8) is 0 Å². The Morgan fingerprint density at radius 3 is 2.65 bits per heavy atom. The first-order valence-corrected chi connectivity index (χ1v) is 5.94. The van der Waals surface area contributed by atoms with Gasteiger partial charge in [0.1, 0.15) is 17.2 Å². The maximum absolute atomic E-state index is 13.6. The average Bonchev–Trinajstić information content (AvgIpc) is 2.75. The molecule has 1 heterocycles. The number of hydrogen-bond donors (Lipinski definition) is 1. The van der Waals surface area contributed by atoms with E-state index < -0.39 is 0 Å². The van der Waals surface area contributed by atoms with Crippen molar-refractivity contribution in [2.75, 3.05) is 0 Å². The van der Waals surface area contributed by atoms with Gasteiger partial charge in [-0.15, -0.1) is 0 Å². The number of aromatic amines is 1. The number of para-hydroxylation sites is 1. The van der Waals surface area contributed by atoms with Gasteiger partial charge in [0.05, 0.1) is 11.1 Å². The first kappa shape index (κ1) is 10.5. The molecule has 0 bridgehead atoms. The molecule has 0 unspecified atom stereocenters. The Kier molecular flexibility index (Phi) is 2.44. The fraction of sp³-hybridized carbons (Fsp3) is 0. The van der Waals surface area contributed by atoms with E-state index >= 15 is 0 Å². The van der Waals surface area contributed by atoms with Gasteiger partial charge in [0.25, 0.3) is 0 Å². The van der Waals surface area contributed by atoms with Gasteiger partial charge in [-0.3, -0.25) is 0 Å². The molecule has 0 saturated heterocycles. The van der Waals surface area contributed by atoms with Crippen LogP contribution in [0.5, 0.6) is 0 Å². The molecule has 3 aromatic rings. The quantitative estimate of drug-likeness (QED) is 0.717. The summed E-state index contributed by atoms with van der Waals surface area (Å²) in [5.41, 5.74) is 2.18. The van der Waals surface area contributed by atoms with Crippen LogP contribution in [0.4, 0.5) is 4.39 Å². The van der Waals surface area contributed by atoms with Crippen LogP contribution >= 0.6 is 15.9 Å². The van der Waals surface area contributed by atoms with Crippen molar-refractivity contribution < 1.29 is 4.39 Å². The molecule has 0 saturated carbocycles. The summed E-state index contributed by atoms with van der Waals surface area (Å²) in [5, 5.41) is 0. The molecule has 0 aliphatic rings. The summed E-state index contributed by atoms with van der Waals surface area (Å²) in [7, 11) is 0. The molecule has 0 fully saturated rings. The zero-order valence-corrected chi connectivity index (χ0v) is 10.3. The third-order valence-corrected chi connectivity index (χ3v) is 3.23. The van der Waals surface area contributed by atoms with Gasteiger partial charge in [0.15, 0.2) is 0 Å². The van der Waals surface area contributed by atoms with Gasteiger partial charge >= 0.3 is 0 Å². The van der Waals surface area contributed by atoms with Crippen LogP contribution in [0.3, 0.4) is 0 Å². The number of H-pyrrole nitrogens is 1. The second kappa shape index (κ2) is 3.96. The first-order valence-electron chi connectivity index (χ1n) is 5.15. The van der Waals surface area contributed by atoms with Gasteiger partial charge in [-0.1, -0.05) is 18.2 Å². The lowest BCUT2D eigenvalue weighted by atomic mass is 10.2. The van der Waals surface area contributed by atoms with E-state index in [1.165, 1.54) is 6.07 Å². The van der Waals surface area contributed by atoms with E-state index in [0.29, 0.717) is 11.4 Å². The second-order valence-corrected chi connectivity index (χ2v) is 4.56. The number of nitrogens with zero attached hydrogens (tertiary/aromatic N) is 1. The van der Waals surface area contributed by atoms with E-state index in [0.717, 1.165) is 15.5 Å². The van der Waals surface area contributed by atoms with Crippen molar-refractivity contribution in [3.05, 3.63) is 52.8 Å². The summed E-state index contributed by atoms with van der Waals surface area (Å²) in [4.78, 5) is 7.51. The van der Waals surface area contributed by atoms with Crippen LogP contribution in [0.25, 0.3) is 22.4 Å². The highest BCUT2D eigenvalue weighted by molar-refractivity contribution is 9.10. The lowest BCUT2D eigenvalue weighted by Crippen LogP contribution is -1.84. The number of rotatable bonds is 1. The van der Waals surface area contributed by atoms with E-state index in [9.17, 15) is 4.39 Å². The van der Waals surface area contributed by atoms with E-state index in [-0.39, 0.29) is 5.82 Å². The topological polar surface area (TPSA) is 28.7 Å². The van der Waals surface area contributed by atoms with Crippen LogP contribution in [0, 0.1) is 5.82 Å². The predicted molar refractivity (Wildman–Crippen MR) is 69.2 cm³/mol. The molecule has 0 aliphatic heterocycles. The number of nitrogens with one attached hydrogen (secondary N) is 1. The number of benzene rings is 2. The third-order valence-electron chi connectivity index (χ3n) is 2.59. The monoisotopic (exact) mass is 290 g/mol. The average molecular weight is 291 g/mol.